The first-order valence-electron chi connectivity index (χ1n) is 6.71. The summed E-state index contributed by atoms with van der Waals surface area (Å²) in [6, 6.07) is 8.06. The number of nitrogens with zero attached hydrogens (tertiary/aromatic N) is 4. The molecule has 1 fully saturated rings. The Balaban J connectivity index is 1.59. The van der Waals surface area contributed by atoms with Crippen LogP contribution in [0.5, 0.6) is 0 Å². The fourth-order valence-corrected chi connectivity index (χ4v) is 2.50. The summed E-state index contributed by atoms with van der Waals surface area (Å²) in [5, 5.41) is 13.7. The summed E-state index contributed by atoms with van der Waals surface area (Å²) >= 11 is 0. The Hall–Kier alpha value is -2.21. The summed E-state index contributed by atoms with van der Waals surface area (Å²) < 4.78 is 12.9. The highest BCUT2D eigenvalue weighted by molar-refractivity contribution is 5.78. The maximum atomic E-state index is 5.73. The standard InChI is InChI=1S/C14H14N4O2/c1-2-4-12-10(3-1)7-15-18(12)8-13-16-17-14(20-13)11-5-6-19-9-11/h1-4,7,11H,5-6,8-9H2/t11-/m0/s1. The summed E-state index contributed by atoms with van der Waals surface area (Å²) in [4.78, 5) is 0. The van der Waals surface area contributed by atoms with Crippen LogP contribution in [-0.2, 0) is 11.3 Å². The first-order chi connectivity index (χ1) is 9.90. The Bertz CT molecular complexity index is 727. The summed E-state index contributed by atoms with van der Waals surface area (Å²) in [5.41, 5.74) is 1.07. The zero-order valence-corrected chi connectivity index (χ0v) is 10.9. The molecule has 4 rings (SSSR count). The molecular formula is C14H14N4O2. The van der Waals surface area contributed by atoms with Crippen LogP contribution < -0.4 is 0 Å². The molecule has 0 saturated carbocycles. The fourth-order valence-electron chi connectivity index (χ4n) is 2.50. The van der Waals surface area contributed by atoms with E-state index in [9.17, 15) is 0 Å². The van der Waals surface area contributed by atoms with E-state index in [0.29, 0.717) is 24.9 Å². The minimum Gasteiger partial charge on any atom is -0.423 e. The van der Waals surface area contributed by atoms with E-state index in [1.165, 1.54) is 0 Å². The predicted molar refractivity (Wildman–Crippen MR) is 71.3 cm³/mol. The average Bonchev–Trinajstić information content (AvgIpc) is 3.19. The van der Waals surface area contributed by atoms with Crippen LogP contribution in [-0.4, -0.2) is 33.2 Å². The van der Waals surface area contributed by atoms with Gasteiger partial charge in [0.25, 0.3) is 0 Å². The monoisotopic (exact) mass is 270 g/mol. The normalized spacial score (nSPS) is 18.9. The van der Waals surface area contributed by atoms with Crippen LogP contribution in [0.2, 0.25) is 0 Å². The quantitative estimate of drug-likeness (QED) is 0.728. The van der Waals surface area contributed by atoms with Crippen molar-refractivity contribution < 1.29 is 9.15 Å². The predicted octanol–water partition coefficient (Wildman–Crippen LogP) is 1.97. The highest BCUT2D eigenvalue weighted by Crippen LogP contribution is 2.24. The molecule has 1 atom stereocenters. The van der Waals surface area contributed by atoms with E-state index >= 15 is 0 Å². The molecule has 0 bridgehead atoms. The minimum absolute atomic E-state index is 0.241. The molecule has 0 radical (unpaired) electrons. The zero-order valence-electron chi connectivity index (χ0n) is 10.9. The van der Waals surface area contributed by atoms with E-state index in [1.54, 1.807) is 0 Å². The Morgan fingerprint density at radius 1 is 1.25 bits per heavy atom. The van der Waals surface area contributed by atoms with Gasteiger partial charge < -0.3 is 9.15 Å². The molecule has 6 heteroatoms. The molecule has 0 spiro atoms. The molecule has 0 N–H and O–H groups in total. The van der Waals surface area contributed by atoms with Gasteiger partial charge in [-0.2, -0.15) is 5.10 Å². The van der Waals surface area contributed by atoms with Crippen molar-refractivity contribution >= 4 is 10.9 Å². The second kappa shape index (κ2) is 4.72. The molecule has 1 aromatic carbocycles. The van der Waals surface area contributed by atoms with Crippen molar-refractivity contribution in [3.63, 3.8) is 0 Å². The first kappa shape index (κ1) is 11.6. The second-order valence-electron chi connectivity index (χ2n) is 4.96. The van der Waals surface area contributed by atoms with Crippen molar-refractivity contribution in [2.75, 3.05) is 13.2 Å². The van der Waals surface area contributed by atoms with E-state index in [2.05, 4.69) is 15.3 Å². The van der Waals surface area contributed by atoms with Gasteiger partial charge in [0.15, 0.2) is 0 Å². The van der Waals surface area contributed by atoms with Crippen molar-refractivity contribution in [3.8, 4) is 0 Å². The van der Waals surface area contributed by atoms with Crippen molar-refractivity contribution in [2.45, 2.75) is 18.9 Å². The lowest BCUT2D eigenvalue weighted by atomic mass is 10.1. The summed E-state index contributed by atoms with van der Waals surface area (Å²) in [5.74, 6) is 1.50. The van der Waals surface area contributed by atoms with Gasteiger partial charge >= 0.3 is 0 Å². The van der Waals surface area contributed by atoms with Crippen LogP contribution >= 0.6 is 0 Å². The van der Waals surface area contributed by atoms with E-state index in [4.69, 9.17) is 9.15 Å². The van der Waals surface area contributed by atoms with Crippen molar-refractivity contribution in [2.24, 2.45) is 0 Å². The number of para-hydroxylation sites is 1. The van der Waals surface area contributed by atoms with E-state index < -0.39 is 0 Å². The van der Waals surface area contributed by atoms with Crippen molar-refractivity contribution in [1.82, 2.24) is 20.0 Å². The van der Waals surface area contributed by atoms with Gasteiger partial charge in [-0.25, -0.2) is 0 Å². The lowest BCUT2D eigenvalue weighted by Gasteiger charge is -2.00. The number of hydrogen-bond acceptors (Lipinski definition) is 5. The Kier molecular flexibility index (Phi) is 2.74. The van der Waals surface area contributed by atoms with Crippen LogP contribution in [0.25, 0.3) is 10.9 Å². The SMILES string of the molecule is c1ccc2c(c1)cnn2Cc1nnc([C@H]2CCOC2)o1. The van der Waals surface area contributed by atoms with Gasteiger partial charge in [0.2, 0.25) is 11.8 Å². The van der Waals surface area contributed by atoms with Crippen LogP contribution in [0.1, 0.15) is 24.1 Å². The molecule has 0 unspecified atom stereocenters. The van der Waals surface area contributed by atoms with Gasteiger partial charge in [-0.3, -0.25) is 4.68 Å². The van der Waals surface area contributed by atoms with Crippen LogP contribution in [0.15, 0.2) is 34.9 Å². The fraction of sp³-hybridized carbons (Fsp3) is 0.357. The molecule has 3 heterocycles. The Morgan fingerprint density at radius 3 is 3.10 bits per heavy atom. The Labute approximate surface area is 115 Å². The molecule has 1 aliphatic heterocycles. The van der Waals surface area contributed by atoms with E-state index in [-0.39, 0.29) is 5.92 Å². The second-order valence-corrected chi connectivity index (χ2v) is 4.96. The van der Waals surface area contributed by atoms with E-state index in [0.717, 1.165) is 23.9 Å². The molecule has 0 amide bonds. The highest BCUT2D eigenvalue weighted by atomic mass is 16.5. The van der Waals surface area contributed by atoms with Gasteiger partial charge in [0, 0.05) is 12.0 Å². The topological polar surface area (TPSA) is 66.0 Å². The van der Waals surface area contributed by atoms with Gasteiger partial charge in [-0.1, -0.05) is 18.2 Å². The molecule has 102 valence electrons. The van der Waals surface area contributed by atoms with Crippen LogP contribution in [0.4, 0.5) is 0 Å². The lowest BCUT2D eigenvalue weighted by Crippen LogP contribution is -2.01. The molecule has 1 aliphatic rings. The van der Waals surface area contributed by atoms with Crippen molar-refractivity contribution in [3.05, 3.63) is 42.2 Å². The van der Waals surface area contributed by atoms with Crippen molar-refractivity contribution in [1.29, 1.82) is 0 Å². The van der Waals surface area contributed by atoms with Crippen LogP contribution in [0, 0.1) is 0 Å². The average molecular weight is 270 g/mol. The number of aromatic nitrogens is 4. The summed E-state index contributed by atoms with van der Waals surface area (Å²) in [7, 11) is 0. The largest absolute Gasteiger partial charge is 0.423 e. The third-order valence-corrected chi connectivity index (χ3v) is 3.60. The number of hydrogen-bond donors (Lipinski definition) is 0. The minimum atomic E-state index is 0.241. The smallest absolute Gasteiger partial charge is 0.237 e. The molecule has 1 saturated heterocycles. The molecular weight excluding hydrogens is 256 g/mol. The number of benzene rings is 1. The van der Waals surface area contributed by atoms with Gasteiger partial charge in [-0.05, 0) is 12.5 Å². The molecule has 3 aromatic rings. The lowest BCUT2D eigenvalue weighted by molar-refractivity contribution is 0.190. The summed E-state index contributed by atoms with van der Waals surface area (Å²) in [6.45, 7) is 1.94. The maximum absolute atomic E-state index is 5.73. The number of rotatable bonds is 3. The first-order valence-corrected chi connectivity index (χ1v) is 6.71. The molecule has 20 heavy (non-hydrogen) atoms. The maximum Gasteiger partial charge on any atom is 0.237 e. The third kappa shape index (κ3) is 1.98. The van der Waals surface area contributed by atoms with Gasteiger partial charge in [-0.15, -0.1) is 10.2 Å². The molecule has 0 aliphatic carbocycles. The molecule has 6 nitrogen and oxygen atoms in total. The van der Waals surface area contributed by atoms with E-state index in [1.807, 2.05) is 35.1 Å². The summed E-state index contributed by atoms with van der Waals surface area (Å²) in [6.07, 6.45) is 2.80. The number of fused-ring (bicyclic) bond motifs is 1. The van der Waals surface area contributed by atoms with Gasteiger partial charge in [0.1, 0.15) is 6.54 Å². The van der Waals surface area contributed by atoms with Crippen LogP contribution in [0.3, 0.4) is 0 Å². The zero-order chi connectivity index (χ0) is 13.4. The molecule has 2 aromatic heterocycles. The number of ether oxygens (including phenoxy) is 1. The Morgan fingerprint density at radius 2 is 2.20 bits per heavy atom. The highest BCUT2D eigenvalue weighted by Gasteiger charge is 2.23. The third-order valence-electron chi connectivity index (χ3n) is 3.60. The van der Waals surface area contributed by atoms with Gasteiger partial charge in [0.05, 0.1) is 24.2 Å².